The average Bonchev–Trinajstić information content (AvgIpc) is 2.91. The Balaban J connectivity index is 1.73. The van der Waals surface area contributed by atoms with Gasteiger partial charge in [0.05, 0.1) is 12.5 Å². The Labute approximate surface area is 132 Å². The molecule has 3 rings (SSSR count). The zero-order chi connectivity index (χ0) is 14.8. The van der Waals surface area contributed by atoms with Crippen LogP contribution in [-0.2, 0) is 11.2 Å². The summed E-state index contributed by atoms with van der Waals surface area (Å²) in [5, 5.41) is 10.2. The molecule has 0 spiro atoms. The number of benzene rings is 2. The molecule has 1 amide bonds. The zero-order valence-corrected chi connectivity index (χ0v) is 13.1. The number of carbonyl (C=O) groups excluding carboxylic acids is 1. The molecule has 0 saturated heterocycles. The van der Waals surface area contributed by atoms with Crippen LogP contribution in [0.4, 0.5) is 5.69 Å². The maximum Gasteiger partial charge on any atom is 0.229 e. The number of hydrogen-bond acceptors (Lipinski definition) is 2. The minimum atomic E-state index is -0.752. The summed E-state index contributed by atoms with van der Waals surface area (Å²) in [5.74, 6) is -0.0348. The van der Waals surface area contributed by atoms with E-state index in [-0.39, 0.29) is 12.3 Å². The summed E-state index contributed by atoms with van der Waals surface area (Å²) in [5.41, 5.74) is 2.91. The lowest BCUT2D eigenvalue weighted by Crippen LogP contribution is -2.30. The van der Waals surface area contributed by atoms with Crippen LogP contribution in [0.25, 0.3) is 0 Å². The minimum Gasteiger partial charge on any atom is -0.388 e. The molecule has 2 aromatic rings. The van der Waals surface area contributed by atoms with Crippen molar-refractivity contribution in [3.05, 3.63) is 64.1 Å². The summed E-state index contributed by atoms with van der Waals surface area (Å²) >= 11 is 3.45. The van der Waals surface area contributed by atoms with Crippen LogP contribution in [0, 0.1) is 0 Å². The second kappa shape index (κ2) is 6.00. The maximum atomic E-state index is 12.4. The second-order valence-electron chi connectivity index (χ2n) is 5.20. The number of nitrogens with zero attached hydrogens (tertiary/aromatic N) is 1. The third kappa shape index (κ3) is 3.01. The van der Waals surface area contributed by atoms with Gasteiger partial charge in [0.25, 0.3) is 0 Å². The van der Waals surface area contributed by atoms with Gasteiger partial charge in [0, 0.05) is 16.7 Å². The van der Waals surface area contributed by atoms with Gasteiger partial charge in [-0.25, -0.2) is 0 Å². The first kappa shape index (κ1) is 14.3. The normalized spacial score (nSPS) is 14.9. The van der Waals surface area contributed by atoms with Crippen molar-refractivity contribution in [1.82, 2.24) is 0 Å². The van der Waals surface area contributed by atoms with Gasteiger partial charge in [-0.2, -0.15) is 0 Å². The van der Waals surface area contributed by atoms with Gasteiger partial charge < -0.3 is 10.0 Å². The molecule has 0 aliphatic carbocycles. The van der Waals surface area contributed by atoms with Crippen LogP contribution in [0.15, 0.2) is 53.0 Å². The van der Waals surface area contributed by atoms with Crippen molar-refractivity contribution < 1.29 is 9.90 Å². The van der Waals surface area contributed by atoms with Gasteiger partial charge in [-0.1, -0.05) is 46.3 Å². The number of fused-ring (bicyclic) bond motifs is 1. The van der Waals surface area contributed by atoms with Crippen LogP contribution in [0.1, 0.15) is 23.7 Å². The molecule has 21 heavy (non-hydrogen) atoms. The van der Waals surface area contributed by atoms with E-state index in [0.29, 0.717) is 6.54 Å². The molecule has 0 radical (unpaired) electrons. The summed E-state index contributed by atoms with van der Waals surface area (Å²) in [7, 11) is 0. The highest BCUT2D eigenvalue weighted by molar-refractivity contribution is 9.10. The van der Waals surface area contributed by atoms with E-state index in [1.165, 1.54) is 5.56 Å². The lowest BCUT2D eigenvalue weighted by molar-refractivity contribution is -0.120. The van der Waals surface area contributed by atoms with Crippen LogP contribution in [0.3, 0.4) is 0 Å². The van der Waals surface area contributed by atoms with Gasteiger partial charge in [-0.05, 0) is 35.7 Å². The summed E-state index contributed by atoms with van der Waals surface area (Å²) in [6, 6.07) is 15.3. The largest absolute Gasteiger partial charge is 0.388 e. The fourth-order valence-electron chi connectivity index (χ4n) is 2.70. The summed E-state index contributed by atoms with van der Waals surface area (Å²) in [4.78, 5) is 14.2. The van der Waals surface area contributed by atoms with Gasteiger partial charge >= 0.3 is 0 Å². The van der Waals surface area contributed by atoms with Crippen molar-refractivity contribution in [1.29, 1.82) is 0 Å². The fraction of sp³-hybridized carbons (Fsp3) is 0.235. The fourth-order valence-corrected chi connectivity index (χ4v) is 3.11. The minimum absolute atomic E-state index is 0.0348. The number of anilines is 1. The summed E-state index contributed by atoms with van der Waals surface area (Å²) < 4.78 is 1.03. The summed E-state index contributed by atoms with van der Waals surface area (Å²) in [6.07, 6.45) is 0.222. The number of amides is 1. The van der Waals surface area contributed by atoms with Crippen LogP contribution < -0.4 is 4.90 Å². The molecule has 1 aliphatic rings. The van der Waals surface area contributed by atoms with E-state index in [0.717, 1.165) is 22.1 Å². The molecule has 0 fully saturated rings. The van der Waals surface area contributed by atoms with Crippen molar-refractivity contribution in [3.8, 4) is 0 Å². The average molecular weight is 346 g/mol. The van der Waals surface area contributed by atoms with Crippen molar-refractivity contribution in [3.63, 3.8) is 0 Å². The molecule has 0 saturated carbocycles. The van der Waals surface area contributed by atoms with E-state index in [4.69, 9.17) is 0 Å². The molecule has 1 N–H and O–H groups in total. The lowest BCUT2D eigenvalue weighted by atomic mass is 10.1. The standard InChI is InChI=1S/C17H16BrNO2/c18-14-6-7-15-13(10-14)8-9-19(15)17(21)11-16(20)12-4-2-1-3-5-12/h1-7,10,16,20H,8-9,11H2. The Morgan fingerprint density at radius 1 is 1.24 bits per heavy atom. The molecule has 1 unspecified atom stereocenters. The first-order valence-electron chi connectivity index (χ1n) is 6.97. The smallest absolute Gasteiger partial charge is 0.229 e. The number of hydrogen-bond donors (Lipinski definition) is 1. The quantitative estimate of drug-likeness (QED) is 0.925. The maximum absolute atomic E-state index is 12.4. The third-order valence-electron chi connectivity index (χ3n) is 3.79. The van der Waals surface area contributed by atoms with E-state index in [2.05, 4.69) is 22.0 Å². The first-order valence-corrected chi connectivity index (χ1v) is 7.76. The first-order chi connectivity index (χ1) is 10.1. The molecule has 3 nitrogen and oxygen atoms in total. The van der Waals surface area contributed by atoms with Crippen LogP contribution in [0.5, 0.6) is 0 Å². The number of aliphatic hydroxyl groups excluding tert-OH is 1. The van der Waals surface area contributed by atoms with Crippen LogP contribution in [-0.4, -0.2) is 17.6 Å². The number of aliphatic hydroxyl groups is 1. The Morgan fingerprint density at radius 3 is 2.76 bits per heavy atom. The Morgan fingerprint density at radius 2 is 2.00 bits per heavy atom. The second-order valence-corrected chi connectivity index (χ2v) is 6.11. The molecule has 1 heterocycles. The Bertz CT molecular complexity index is 657. The van der Waals surface area contributed by atoms with E-state index in [1.54, 1.807) is 4.90 Å². The van der Waals surface area contributed by atoms with Gasteiger partial charge in [0.2, 0.25) is 5.91 Å². The number of halogens is 1. The van der Waals surface area contributed by atoms with Gasteiger partial charge in [0.1, 0.15) is 0 Å². The van der Waals surface area contributed by atoms with Crippen molar-refractivity contribution in [2.45, 2.75) is 18.9 Å². The number of rotatable bonds is 3. The third-order valence-corrected chi connectivity index (χ3v) is 4.28. The monoisotopic (exact) mass is 345 g/mol. The predicted octanol–water partition coefficient (Wildman–Crippen LogP) is 3.46. The van der Waals surface area contributed by atoms with Crippen molar-refractivity contribution >= 4 is 27.5 Å². The topological polar surface area (TPSA) is 40.5 Å². The highest BCUT2D eigenvalue weighted by Crippen LogP contribution is 2.31. The van der Waals surface area contributed by atoms with Gasteiger partial charge in [-0.15, -0.1) is 0 Å². The van der Waals surface area contributed by atoms with E-state index in [9.17, 15) is 9.90 Å². The predicted molar refractivity (Wildman–Crippen MR) is 86.2 cm³/mol. The highest BCUT2D eigenvalue weighted by Gasteiger charge is 2.26. The molecule has 0 aromatic heterocycles. The number of carbonyl (C=O) groups is 1. The van der Waals surface area contributed by atoms with Crippen molar-refractivity contribution in [2.24, 2.45) is 0 Å². The van der Waals surface area contributed by atoms with E-state index >= 15 is 0 Å². The van der Waals surface area contributed by atoms with Gasteiger partial charge in [-0.3, -0.25) is 4.79 Å². The van der Waals surface area contributed by atoms with Crippen molar-refractivity contribution in [2.75, 3.05) is 11.4 Å². The Kier molecular flexibility index (Phi) is 4.08. The van der Waals surface area contributed by atoms with Crippen LogP contribution in [0.2, 0.25) is 0 Å². The SMILES string of the molecule is O=C(CC(O)c1ccccc1)N1CCc2cc(Br)ccc21. The zero-order valence-electron chi connectivity index (χ0n) is 11.5. The molecule has 0 bridgehead atoms. The van der Waals surface area contributed by atoms with E-state index < -0.39 is 6.10 Å². The molecule has 4 heteroatoms. The van der Waals surface area contributed by atoms with Gasteiger partial charge in [0.15, 0.2) is 0 Å². The van der Waals surface area contributed by atoms with E-state index in [1.807, 2.05) is 42.5 Å². The highest BCUT2D eigenvalue weighted by atomic mass is 79.9. The lowest BCUT2D eigenvalue weighted by Gasteiger charge is -2.19. The Hall–Kier alpha value is -1.65. The molecular weight excluding hydrogens is 330 g/mol. The molecule has 1 atom stereocenters. The molecule has 1 aliphatic heterocycles. The summed E-state index contributed by atoms with van der Waals surface area (Å²) in [6.45, 7) is 0.687. The molecular formula is C17H16BrNO2. The van der Waals surface area contributed by atoms with Crippen LogP contribution >= 0.6 is 15.9 Å². The molecule has 2 aromatic carbocycles. The molecule has 108 valence electrons.